The van der Waals surface area contributed by atoms with Gasteiger partial charge in [0.15, 0.2) is 6.61 Å². The van der Waals surface area contributed by atoms with E-state index in [9.17, 15) is 14.4 Å². The third-order valence-electron chi connectivity index (χ3n) is 3.51. The monoisotopic (exact) mass is 385 g/mol. The third-order valence-corrected chi connectivity index (χ3v) is 4.38. The normalized spacial score (nSPS) is 10.3. The van der Waals surface area contributed by atoms with Crippen LogP contribution in [0.15, 0.2) is 52.4 Å². The number of aryl methyl sites for hydroxylation is 1. The molecule has 0 aliphatic heterocycles. The summed E-state index contributed by atoms with van der Waals surface area (Å²) in [6.07, 6.45) is 0. The highest BCUT2D eigenvalue weighted by atomic mass is 32.1. The number of hydrogen-bond acceptors (Lipinski definition) is 7. The van der Waals surface area contributed by atoms with E-state index in [1.165, 1.54) is 11.3 Å². The number of benzene rings is 1. The first kappa shape index (κ1) is 18.3. The molecule has 0 saturated carbocycles. The molecule has 2 amide bonds. The molecule has 0 aliphatic carbocycles. The van der Waals surface area contributed by atoms with Gasteiger partial charge in [-0.25, -0.2) is 4.79 Å². The van der Waals surface area contributed by atoms with Gasteiger partial charge in [0.2, 0.25) is 0 Å². The summed E-state index contributed by atoms with van der Waals surface area (Å²) in [5.74, 6) is -1.59. The fraction of sp³-hybridized carbons (Fsp3) is 0.111. The van der Waals surface area contributed by atoms with E-state index in [2.05, 4.69) is 16.0 Å². The van der Waals surface area contributed by atoms with Crippen molar-refractivity contribution in [2.75, 3.05) is 6.61 Å². The van der Waals surface area contributed by atoms with Crippen LogP contribution in [0.2, 0.25) is 0 Å². The van der Waals surface area contributed by atoms with Crippen molar-refractivity contribution in [3.63, 3.8) is 0 Å². The molecule has 9 heteroatoms. The van der Waals surface area contributed by atoms with E-state index in [-0.39, 0.29) is 11.3 Å². The van der Waals surface area contributed by atoms with Gasteiger partial charge in [-0.3, -0.25) is 20.4 Å². The van der Waals surface area contributed by atoms with Crippen LogP contribution < -0.4 is 10.9 Å². The summed E-state index contributed by atoms with van der Waals surface area (Å²) in [5, 5.41) is 5.63. The Morgan fingerprint density at radius 2 is 1.89 bits per heavy atom. The van der Waals surface area contributed by atoms with Crippen LogP contribution in [-0.4, -0.2) is 29.5 Å². The highest BCUT2D eigenvalue weighted by molar-refractivity contribution is 7.12. The second kappa shape index (κ2) is 8.28. The fourth-order valence-electron chi connectivity index (χ4n) is 2.24. The number of ether oxygens (including phenoxy) is 1. The van der Waals surface area contributed by atoms with Gasteiger partial charge in [-0.1, -0.05) is 41.6 Å². The quantitative estimate of drug-likeness (QED) is 0.515. The molecule has 3 rings (SSSR count). The summed E-state index contributed by atoms with van der Waals surface area (Å²) in [6, 6.07) is 12.3. The first-order valence-corrected chi connectivity index (χ1v) is 8.75. The van der Waals surface area contributed by atoms with Gasteiger partial charge in [0, 0.05) is 5.56 Å². The van der Waals surface area contributed by atoms with Crippen molar-refractivity contribution in [3.05, 3.63) is 64.0 Å². The van der Waals surface area contributed by atoms with Gasteiger partial charge in [-0.15, -0.1) is 11.3 Å². The minimum absolute atomic E-state index is 0.150. The van der Waals surface area contributed by atoms with E-state index >= 15 is 0 Å². The van der Waals surface area contributed by atoms with Gasteiger partial charge in [-0.05, 0) is 18.4 Å². The van der Waals surface area contributed by atoms with E-state index in [0.717, 1.165) is 0 Å². The molecule has 138 valence electrons. The molecule has 0 atom stereocenters. The predicted molar refractivity (Wildman–Crippen MR) is 96.9 cm³/mol. The number of amides is 2. The third kappa shape index (κ3) is 4.39. The molecule has 2 aromatic heterocycles. The molecule has 0 aliphatic rings. The number of carbonyl (C=O) groups excluding carboxylic acids is 3. The van der Waals surface area contributed by atoms with Crippen LogP contribution in [0.3, 0.4) is 0 Å². The zero-order valence-corrected chi connectivity index (χ0v) is 15.0. The summed E-state index contributed by atoms with van der Waals surface area (Å²) in [5.41, 5.74) is 5.60. The van der Waals surface area contributed by atoms with Gasteiger partial charge < -0.3 is 9.26 Å². The van der Waals surface area contributed by atoms with Crippen molar-refractivity contribution in [1.29, 1.82) is 0 Å². The zero-order valence-electron chi connectivity index (χ0n) is 14.2. The molecule has 2 N–H and O–H groups in total. The molecule has 1 aromatic carbocycles. The molecule has 8 nitrogen and oxygen atoms in total. The SMILES string of the molecule is Cc1onc(-c2ccccc2)c1C(=O)OCC(=O)NNC(=O)c1cccs1. The van der Waals surface area contributed by atoms with Crippen molar-refractivity contribution >= 4 is 29.1 Å². The Morgan fingerprint density at radius 3 is 2.59 bits per heavy atom. The number of nitrogens with zero attached hydrogens (tertiary/aromatic N) is 1. The lowest BCUT2D eigenvalue weighted by Crippen LogP contribution is -2.43. The van der Waals surface area contributed by atoms with Crippen LogP contribution in [0, 0.1) is 6.92 Å². The molecule has 3 aromatic rings. The van der Waals surface area contributed by atoms with E-state index in [0.29, 0.717) is 16.1 Å². The van der Waals surface area contributed by atoms with Gasteiger partial charge in [0.1, 0.15) is 17.0 Å². The minimum Gasteiger partial charge on any atom is -0.452 e. The van der Waals surface area contributed by atoms with Crippen LogP contribution in [0.25, 0.3) is 11.3 Å². The zero-order chi connectivity index (χ0) is 19.2. The molecule has 0 unspecified atom stereocenters. The van der Waals surface area contributed by atoms with Crippen molar-refractivity contribution in [1.82, 2.24) is 16.0 Å². The van der Waals surface area contributed by atoms with E-state index < -0.39 is 24.4 Å². The van der Waals surface area contributed by atoms with Crippen molar-refractivity contribution in [3.8, 4) is 11.3 Å². The average Bonchev–Trinajstić information content (AvgIpc) is 3.35. The summed E-state index contributed by atoms with van der Waals surface area (Å²) in [7, 11) is 0. The molecule has 2 heterocycles. The summed E-state index contributed by atoms with van der Waals surface area (Å²) in [4.78, 5) is 36.3. The molecule has 0 spiro atoms. The Kier molecular flexibility index (Phi) is 5.62. The molecule has 0 saturated heterocycles. The van der Waals surface area contributed by atoms with Gasteiger partial charge in [0.05, 0.1) is 4.88 Å². The molecule has 0 fully saturated rings. The van der Waals surface area contributed by atoms with Crippen LogP contribution in [0.4, 0.5) is 0 Å². The Bertz CT molecular complexity index is 951. The second-order valence-electron chi connectivity index (χ2n) is 5.38. The standard InChI is InChI=1S/C18H15N3O5S/c1-11-15(16(21-26-11)12-6-3-2-4-7-12)18(24)25-10-14(22)19-20-17(23)13-8-5-9-27-13/h2-9H,10H2,1H3,(H,19,22)(H,20,23). The van der Waals surface area contributed by atoms with Crippen LogP contribution >= 0.6 is 11.3 Å². The topological polar surface area (TPSA) is 111 Å². The number of esters is 1. The van der Waals surface area contributed by atoms with Crippen LogP contribution in [0.1, 0.15) is 25.8 Å². The Labute approximate surface area is 158 Å². The average molecular weight is 385 g/mol. The number of hydrogen-bond donors (Lipinski definition) is 2. The Hall–Kier alpha value is -3.46. The summed E-state index contributed by atoms with van der Waals surface area (Å²) in [6.45, 7) is 1.01. The largest absolute Gasteiger partial charge is 0.452 e. The number of thiophene rings is 1. The van der Waals surface area contributed by atoms with Gasteiger partial charge in [0.25, 0.3) is 11.8 Å². The number of hydrazine groups is 1. The van der Waals surface area contributed by atoms with Gasteiger partial charge >= 0.3 is 5.97 Å². The van der Waals surface area contributed by atoms with Crippen molar-refractivity contribution in [2.45, 2.75) is 6.92 Å². The minimum atomic E-state index is -0.743. The van der Waals surface area contributed by atoms with E-state index in [1.54, 1.807) is 48.7 Å². The summed E-state index contributed by atoms with van der Waals surface area (Å²) < 4.78 is 10.1. The fourth-order valence-corrected chi connectivity index (χ4v) is 2.86. The Morgan fingerprint density at radius 1 is 1.11 bits per heavy atom. The molecule has 27 heavy (non-hydrogen) atoms. The number of aromatic nitrogens is 1. The highest BCUT2D eigenvalue weighted by Crippen LogP contribution is 2.25. The molecular formula is C18H15N3O5S. The maximum absolute atomic E-state index is 12.4. The highest BCUT2D eigenvalue weighted by Gasteiger charge is 2.23. The first-order chi connectivity index (χ1) is 13.1. The van der Waals surface area contributed by atoms with Gasteiger partial charge in [-0.2, -0.15) is 0 Å². The number of nitrogens with one attached hydrogen (secondary N) is 2. The molecule has 0 bridgehead atoms. The summed E-state index contributed by atoms with van der Waals surface area (Å²) >= 11 is 1.23. The van der Waals surface area contributed by atoms with Crippen molar-refractivity contribution in [2.24, 2.45) is 0 Å². The predicted octanol–water partition coefficient (Wildman–Crippen LogP) is 2.33. The van der Waals surface area contributed by atoms with E-state index in [1.807, 2.05) is 6.07 Å². The maximum Gasteiger partial charge on any atom is 0.344 e. The van der Waals surface area contributed by atoms with Crippen molar-refractivity contribution < 1.29 is 23.6 Å². The smallest absolute Gasteiger partial charge is 0.344 e. The Balaban J connectivity index is 1.57. The lowest BCUT2D eigenvalue weighted by Gasteiger charge is -2.07. The maximum atomic E-state index is 12.4. The van der Waals surface area contributed by atoms with Crippen LogP contribution in [-0.2, 0) is 9.53 Å². The van der Waals surface area contributed by atoms with E-state index in [4.69, 9.17) is 9.26 Å². The number of carbonyl (C=O) groups is 3. The lowest BCUT2D eigenvalue weighted by molar-refractivity contribution is -0.125. The number of rotatable bonds is 5. The second-order valence-corrected chi connectivity index (χ2v) is 6.33. The first-order valence-electron chi connectivity index (χ1n) is 7.87. The molecular weight excluding hydrogens is 370 g/mol. The van der Waals surface area contributed by atoms with Crippen LogP contribution in [0.5, 0.6) is 0 Å². The lowest BCUT2D eigenvalue weighted by atomic mass is 10.1. The molecule has 0 radical (unpaired) electrons.